The minimum absolute atomic E-state index is 0.0181. The van der Waals surface area contributed by atoms with Crippen molar-refractivity contribution in [3.05, 3.63) is 29.8 Å². The number of aryl methyl sites for hydroxylation is 1. The molecule has 118 valence electrons. The first-order valence-corrected chi connectivity index (χ1v) is 8.45. The van der Waals surface area contributed by atoms with Gasteiger partial charge < -0.3 is 10.6 Å². The highest BCUT2D eigenvalue weighted by Crippen LogP contribution is 2.13. The number of halogens is 1. The third-order valence-electron chi connectivity index (χ3n) is 3.55. The van der Waals surface area contributed by atoms with Crippen molar-refractivity contribution in [2.75, 3.05) is 11.2 Å². The second-order valence-corrected chi connectivity index (χ2v) is 5.67. The van der Waals surface area contributed by atoms with Crippen LogP contribution in [-0.4, -0.2) is 18.0 Å². The average molecular weight is 311 g/mol. The van der Waals surface area contributed by atoms with E-state index in [4.69, 9.17) is 11.6 Å². The van der Waals surface area contributed by atoms with Crippen molar-refractivity contribution in [2.45, 2.75) is 58.4 Å². The quantitative estimate of drug-likeness (QED) is 0.492. The van der Waals surface area contributed by atoms with Gasteiger partial charge in [0.05, 0.1) is 0 Å². The largest absolute Gasteiger partial charge is 0.334 e. The fraction of sp³-hybridized carbons (Fsp3) is 0.588. The monoisotopic (exact) mass is 310 g/mol. The van der Waals surface area contributed by atoms with Crippen molar-refractivity contribution >= 4 is 23.3 Å². The number of urea groups is 1. The Hall–Kier alpha value is -1.22. The van der Waals surface area contributed by atoms with E-state index in [1.165, 1.54) is 31.2 Å². The third kappa shape index (κ3) is 7.37. The Kier molecular flexibility index (Phi) is 8.91. The van der Waals surface area contributed by atoms with Gasteiger partial charge >= 0.3 is 6.03 Å². The molecule has 0 aliphatic rings. The summed E-state index contributed by atoms with van der Waals surface area (Å²) >= 11 is 5.76. The summed E-state index contributed by atoms with van der Waals surface area (Å²) in [6, 6.07) is 7.90. The van der Waals surface area contributed by atoms with Crippen molar-refractivity contribution in [2.24, 2.45) is 0 Å². The predicted octanol–water partition coefficient (Wildman–Crippen LogP) is 4.95. The number of rotatable bonds is 9. The number of benzene rings is 1. The SMILES string of the molecule is CCCCCCc1ccc(NC(=O)N[C@H](CC)CCl)cc1. The summed E-state index contributed by atoms with van der Waals surface area (Å²) < 4.78 is 0. The van der Waals surface area contributed by atoms with Gasteiger partial charge in [0.2, 0.25) is 0 Å². The molecule has 1 rings (SSSR count). The fourth-order valence-electron chi connectivity index (χ4n) is 2.11. The van der Waals surface area contributed by atoms with E-state index in [1.807, 2.05) is 19.1 Å². The number of hydrogen-bond acceptors (Lipinski definition) is 1. The summed E-state index contributed by atoms with van der Waals surface area (Å²) in [5.74, 6) is 0.431. The molecule has 1 atom stereocenters. The summed E-state index contributed by atoms with van der Waals surface area (Å²) in [5, 5.41) is 5.68. The lowest BCUT2D eigenvalue weighted by atomic mass is 10.1. The number of anilines is 1. The van der Waals surface area contributed by atoms with Crippen LogP contribution in [0, 0.1) is 0 Å². The molecule has 0 aromatic heterocycles. The normalized spacial score (nSPS) is 12.0. The smallest absolute Gasteiger partial charge is 0.319 e. The van der Waals surface area contributed by atoms with Gasteiger partial charge in [0, 0.05) is 17.6 Å². The summed E-state index contributed by atoms with van der Waals surface area (Å²) in [4.78, 5) is 11.8. The molecule has 0 heterocycles. The van der Waals surface area contributed by atoms with Crippen LogP contribution in [0.2, 0.25) is 0 Å². The van der Waals surface area contributed by atoms with Crippen molar-refractivity contribution < 1.29 is 4.79 Å². The molecule has 0 fully saturated rings. The molecule has 2 N–H and O–H groups in total. The number of amides is 2. The zero-order valence-corrected chi connectivity index (χ0v) is 13.9. The molecule has 21 heavy (non-hydrogen) atoms. The van der Waals surface area contributed by atoms with Crippen molar-refractivity contribution in [1.82, 2.24) is 5.32 Å². The maximum Gasteiger partial charge on any atom is 0.319 e. The molecule has 0 saturated carbocycles. The molecule has 0 spiro atoms. The molecule has 2 amide bonds. The summed E-state index contributed by atoms with van der Waals surface area (Å²) in [6.07, 6.45) is 7.02. The summed E-state index contributed by atoms with van der Waals surface area (Å²) in [6.45, 7) is 4.22. The average Bonchev–Trinajstić information content (AvgIpc) is 2.51. The Labute approximate surface area is 133 Å². The number of unbranched alkanes of at least 4 members (excludes halogenated alkanes) is 3. The van der Waals surface area contributed by atoms with Crippen LogP contribution in [0.4, 0.5) is 10.5 Å². The van der Waals surface area contributed by atoms with E-state index in [0.717, 1.165) is 18.5 Å². The lowest BCUT2D eigenvalue weighted by molar-refractivity contribution is 0.249. The molecule has 4 heteroatoms. The van der Waals surface area contributed by atoms with Gasteiger partial charge in [-0.25, -0.2) is 4.79 Å². The molecular weight excluding hydrogens is 284 g/mol. The first-order chi connectivity index (χ1) is 10.2. The van der Waals surface area contributed by atoms with Crippen LogP contribution < -0.4 is 10.6 Å². The molecule has 0 saturated heterocycles. The van der Waals surface area contributed by atoms with Crippen LogP contribution in [0.1, 0.15) is 51.5 Å². The van der Waals surface area contributed by atoms with Gasteiger partial charge in [0.1, 0.15) is 0 Å². The zero-order chi connectivity index (χ0) is 15.5. The van der Waals surface area contributed by atoms with Gasteiger partial charge in [-0.1, -0.05) is 45.2 Å². The van der Waals surface area contributed by atoms with Gasteiger partial charge in [-0.05, 0) is 37.0 Å². The lowest BCUT2D eigenvalue weighted by Crippen LogP contribution is -2.38. The number of carbonyl (C=O) groups is 1. The van der Waals surface area contributed by atoms with Gasteiger partial charge in [0.15, 0.2) is 0 Å². The van der Waals surface area contributed by atoms with E-state index in [-0.39, 0.29) is 12.1 Å². The Morgan fingerprint density at radius 1 is 1.14 bits per heavy atom. The fourth-order valence-corrected chi connectivity index (χ4v) is 2.41. The maximum absolute atomic E-state index is 11.8. The highest BCUT2D eigenvalue weighted by atomic mass is 35.5. The van der Waals surface area contributed by atoms with Crippen LogP contribution in [-0.2, 0) is 6.42 Å². The zero-order valence-electron chi connectivity index (χ0n) is 13.1. The Bertz CT molecular complexity index is 402. The van der Waals surface area contributed by atoms with Gasteiger partial charge in [-0.2, -0.15) is 0 Å². The topological polar surface area (TPSA) is 41.1 Å². The summed E-state index contributed by atoms with van der Waals surface area (Å²) in [5.41, 5.74) is 2.14. The van der Waals surface area contributed by atoms with E-state index < -0.39 is 0 Å². The molecule has 0 radical (unpaired) electrons. The second-order valence-electron chi connectivity index (χ2n) is 5.37. The maximum atomic E-state index is 11.8. The van der Waals surface area contributed by atoms with E-state index in [9.17, 15) is 4.79 Å². The van der Waals surface area contributed by atoms with Gasteiger partial charge in [0.25, 0.3) is 0 Å². The molecule has 3 nitrogen and oxygen atoms in total. The highest BCUT2D eigenvalue weighted by Gasteiger charge is 2.08. The van der Waals surface area contributed by atoms with Gasteiger partial charge in [-0.15, -0.1) is 11.6 Å². The van der Waals surface area contributed by atoms with Gasteiger partial charge in [-0.3, -0.25) is 0 Å². The predicted molar refractivity (Wildman–Crippen MR) is 91.2 cm³/mol. The Balaban J connectivity index is 2.38. The number of hydrogen-bond donors (Lipinski definition) is 2. The Morgan fingerprint density at radius 3 is 2.43 bits per heavy atom. The molecular formula is C17H27ClN2O. The minimum atomic E-state index is -0.196. The number of carbonyl (C=O) groups excluding carboxylic acids is 1. The van der Waals surface area contributed by atoms with Crippen molar-refractivity contribution in [1.29, 1.82) is 0 Å². The standard InChI is InChI=1S/C17H27ClN2O/c1-3-5-6-7-8-14-9-11-16(12-10-14)20-17(21)19-15(4-2)13-18/h9-12,15H,3-8,13H2,1-2H3,(H2,19,20,21)/t15-/m1/s1. The molecule has 1 aromatic rings. The first kappa shape index (κ1) is 17.8. The lowest BCUT2D eigenvalue weighted by Gasteiger charge is -2.14. The first-order valence-electron chi connectivity index (χ1n) is 7.92. The van der Waals surface area contributed by atoms with Crippen molar-refractivity contribution in [3.8, 4) is 0 Å². The van der Waals surface area contributed by atoms with Crippen LogP contribution >= 0.6 is 11.6 Å². The minimum Gasteiger partial charge on any atom is -0.334 e. The van der Waals surface area contributed by atoms with Crippen LogP contribution in [0.25, 0.3) is 0 Å². The van der Waals surface area contributed by atoms with E-state index in [0.29, 0.717) is 5.88 Å². The van der Waals surface area contributed by atoms with Crippen LogP contribution in [0.3, 0.4) is 0 Å². The number of alkyl halides is 1. The molecule has 0 aliphatic heterocycles. The van der Waals surface area contributed by atoms with E-state index in [1.54, 1.807) is 0 Å². The third-order valence-corrected chi connectivity index (χ3v) is 3.92. The number of nitrogens with one attached hydrogen (secondary N) is 2. The van der Waals surface area contributed by atoms with E-state index in [2.05, 4.69) is 29.7 Å². The Morgan fingerprint density at radius 2 is 1.86 bits per heavy atom. The second kappa shape index (κ2) is 10.5. The molecule has 0 aliphatic carbocycles. The molecule has 0 bridgehead atoms. The highest BCUT2D eigenvalue weighted by molar-refractivity contribution is 6.18. The van der Waals surface area contributed by atoms with Crippen molar-refractivity contribution in [3.63, 3.8) is 0 Å². The van der Waals surface area contributed by atoms with Crippen LogP contribution in [0.5, 0.6) is 0 Å². The van der Waals surface area contributed by atoms with Crippen LogP contribution in [0.15, 0.2) is 24.3 Å². The van der Waals surface area contributed by atoms with E-state index >= 15 is 0 Å². The molecule has 0 unspecified atom stereocenters. The summed E-state index contributed by atoms with van der Waals surface area (Å²) in [7, 11) is 0. The molecule has 1 aromatic carbocycles.